The van der Waals surface area contributed by atoms with Gasteiger partial charge in [-0.25, -0.2) is 4.98 Å². The van der Waals surface area contributed by atoms with Gasteiger partial charge in [0.1, 0.15) is 0 Å². The molecular weight excluding hydrogens is 316 g/mol. The van der Waals surface area contributed by atoms with Crippen LogP contribution in [0.1, 0.15) is 17.5 Å². The molecule has 0 aliphatic carbocycles. The smallest absolute Gasteiger partial charge is 0.217 e. The Morgan fingerprint density at radius 2 is 2.32 bits per heavy atom. The van der Waals surface area contributed by atoms with Crippen molar-refractivity contribution in [1.82, 2.24) is 19.7 Å². The summed E-state index contributed by atoms with van der Waals surface area (Å²) in [6.07, 6.45) is 9.71. The van der Waals surface area contributed by atoms with Gasteiger partial charge in [0, 0.05) is 44.1 Å². The van der Waals surface area contributed by atoms with E-state index in [1.54, 1.807) is 13.3 Å². The molecule has 6 heteroatoms. The van der Waals surface area contributed by atoms with Gasteiger partial charge in [0.05, 0.1) is 26.0 Å². The first-order valence-corrected chi connectivity index (χ1v) is 8.63. The van der Waals surface area contributed by atoms with Crippen LogP contribution >= 0.6 is 0 Å². The zero-order valence-electron chi connectivity index (χ0n) is 15.0. The summed E-state index contributed by atoms with van der Waals surface area (Å²) in [5.41, 5.74) is 2.33. The summed E-state index contributed by atoms with van der Waals surface area (Å²) in [4.78, 5) is 6.77. The quantitative estimate of drug-likeness (QED) is 0.689. The van der Waals surface area contributed by atoms with Crippen molar-refractivity contribution < 1.29 is 9.47 Å². The molecule has 1 fully saturated rings. The minimum absolute atomic E-state index is 0.195. The Labute approximate surface area is 149 Å². The van der Waals surface area contributed by atoms with Crippen molar-refractivity contribution in [3.63, 3.8) is 0 Å². The number of ether oxygens (including phenoxy) is 2. The molecule has 0 radical (unpaired) electrons. The normalized spacial score (nSPS) is 20.7. The Balaban J connectivity index is 1.77. The second-order valence-electron chi connectivity index (χ2n) is 6.39. The number of aryl methyl sites for hydroxylation is 1. The lowest BCUT2D eigenvalue weighted by Gasteiger charge is -2.28. The summed E-state index contributed by atoms with van der Waals surface area (Å²) < 4.78 is 13.3. The molecule has 0 unspecified atom stereocenters. The molecular formula is C19H26N4O2. The predicted octanol–water partition coefficient (Wildman–Crippen LogP) is 2.21. The average Bonchev–Trinajstić information content (AvgIpc) is 3.20. The average molecular weight is 342 g/mol. The lowest BCUT2D eigenvalue weighted by atomic mass is 10.0. The molecule has 0 aromatic carbocycles. The summed E-state index contributed by atoms with van der Waals surface area (Å²) in [5.74, 6) is 0.693. The highest BCUT2D eigenvalue weighted by atomic mass is 16.5. The summed E-state index contributed by atoms with van der Waals surface area (Å²) in [6, 6.07) is 4.33. The summed E-state index contributed by atoms with van der Waals surface area (Å²) in [7, 11) is 3.61. The molecule has 2 atom stereocenters. The van der Waals surface area contributed by atoms with Crippen LogP contribution in [0.3, 0.4) is 0 Å². The van der Waals surface area contributed by atoms with E-state index in [4.69, 9.17) is 9.47 Å². The fraction of sp³-hybridized carbons (Fsp3) is 0.474. The van der Waals surface area contributed by atoms with Crippen molar-refractivity contribution >= 4 is 0 Å². The molecule has 2 aromatic heterocycles. The van der Waals surface area contributed by atoms with E-state index < -0.39 is 0 Å². The standard InChI is InChI=1S/C19H26N4O2/c1-4-10-25-18-7-9-23(14-16-6-5-8-20-19(16)24-3)17(18)11-15-12-21-22(2)13-15/h4-6,8,12-13,17-18H,1,7,9-11,14H2,2-3H3/t17-,18+/m1/s1. The van der Waals surface area contributed by atoms with Gasteiger partial charge >= 0.3 is 0 Å². The first kappa shape index (κ1) is 17.6. The van der Waals surface area contributed by atoms with Crippen LogP contribution in [0.4, 0.5) is 0 Å². The summed E-state index contributed by atoms with van der Waals surface area (Å²) in [5, 5.41) is 4.29. The number of hydrogen-bond acceptors (Lipinski definition) is 5. The molecule has 1 saturated heterocycles. The second kappa shape index (κ2) is 8.27. The molecule has 0 bridgehead atoms. The maximum atomic E-state index is 6.03. The minimum Gasteiger partial charge on any atom is -0.481 e. The van der Waals surface area contributed by atoms with Crippen molar-refractivity contribution in [1.29, 1.82) is 0 Å². The molecule has 3 rings (SSSR count). The van der Waals surface area contributed by atoms with E-state index in [1.807, 2.05) is 30.1 Å². The van der Waals surface area contributed by atoms with Crippen molar-refractivity contribution in [2.75, 3.05) is 20.3 Å². The number of hydrogen-bond donors (Lipinski definition) is 0. The molecule has 0 spiro atoms. The van der Waals surface area contributed by atoms with Gasteiger partial charge in [-0.1, -0.05) is 12.1 Å². The van der Waals surface area contributed by atoms with Crippen LogP contribution in [0.15, 0.2) is 43.4 Å². The maximum Gasteiger partial charge on any atom is 0.217 e. The monoisotopic (exact) mass is 342 g/mol. The second-order valence-corrected chi connectivity index (χ2v) is 6.39. The number of aromatic nitrogens is 3. The molecule has 0 amide bonds. The summed E-state index contributed by atoms with van der Waals surface area (Å²) in [6.45, 7) is 6.14. The van der Waals surface area contributed by atoms with E-state index in [2.05, 4.69) is 33.8 Å². The molecule has 0 saturated carbocycles. The van der Waals surface area contributed by atoms with Crippen LogP contribution in [0.2, 0.25) is 0 Å². The number of rotatable bonds is 8. The van der Waals surface area contributed by atoms with Crippen LogP contribution < -0.4 is 4.74 Å². The third-order valence-electron chi connectivity index (χ3n) is 4.65. The third kappa shape index (κ3) is 4.27. The highest BCUT2D eigenvalue weighted by molar-refractivity contribution is 5.25. The highest BCUT2D eigenvalue weighted by Crippen LogP contribution is 2.28. The molecule has 25 heavy (non-hydrogen) atoms. The molecule has 3 heterocycles. The van der Waals surface area contributed by atoms with Crippen molar-refractivity contribution in [3.8, 4) is 5.88 Å². The lowest BCUT2D eigenvalue weighted by molar-refractivity contribution is 0.0420. The van der Waals surface area contributed by atoms with E-state index in [1.165, 1.54) is 5.56 Å². The maximum absolute atomic E-state index is 6.03. The van der Waals surface area contributed by atoms with E-state index in [0.717, 1.165) is 31.5 Å². The molecule has 6 nitrogen and oxygen atoms in total. The SMILES string of the molecule is C=CCO[C@H]1CCN(Cc2cccnc2OC)[C@@H]1Cc1cnn(C)c1. The molecule has 1 aliphatic heterocycles. The van der Waals surface area contributed by atoms with Gasteiger partial charge in [-0.05, 0) is 24.5 Å². The van der Waals surface area contributed by atoms with Crippen molar-refractivity contribution in [2.45, 2.75) is 31.5 Å². The zero-order chi connectivity index (χ0) is 17.6. The first-order valence-electron chi connectivity index (χ1n) is 8.63. The Morgan fingerprint density at radius 1 is 1.44 bits per heavy atom. The topological polar surface area (TPSA) is 52.4 Å². The Bertz CT molecular complexity index is 700. The molecule has 2 aromatic rings. The van der Waals surface area contributed by atoms with Gasteiger partial charge in [-0.2, -0.15) is 5.10 Å². The Hall–Kier alpha value is -2.18. The van der Waals surface area contributed by atoms with E-state index in [9.17, 15) is 0 Å². The van der Waals surface area contributed by atoms with E-state index in [-0.39, 0.29) is 6.10 Å². The largest absolute Gasteiger partial charge is 0.481 e. The van der Waals surface area contributed by atoms with Gasteiger partial charge in [0.2, 0.25) is 5.88 Å². The summed E-state index contributed by atoms with van der Waals surface area (Å²) >= 11 is 0. The van der Waals surface area contributed by atoms with Crippen LogP contribution in [0.5, 0.6) is 5.88 Å². The molecule has 134 valence electrons. The van der Waals surface area contributed by atoms with Crippen LogP contribution in [0, 0.1) is 0 Å². The Kier molecular flexibility index (Phi) is 5.83. The molecule has 1 aliphatic rings. The van der Waals surface area contributed by atoms with Crippen molar-refractivity contribution in [3.05, 3.63) is 54.5 Å². The molecule has 0 N–H and O–H groups in total. The van der Waals surface area contributed by atoms with Gasteiger partial charge in [0.15, 0.2) is 0 Å². The fourth-order valence-corrected chi connectivity index (χ4v) is 3.50. The van der Waals surface area contributed by atoms with Gasteiger partial charge in [-0.3, -0.25) is 9.58 Å². The van der Waals surface area contributed by atoms with Gasteiger partial charge in [-0.15, -0.1) is 6.58 Å². The Morgan fingerprint density at radius 3 is 3.04 bits per heavy atom. The van der Waals surface area contributed by atoms with E-state index >= 15 is 0 Å². The van der Waals surface area contributed by atoms with Crippen LogP contribution in [-0.4, -0.2) is 52.1 Å². The highest BCUT2D eigenvalue weighted by Gasteiger charge is 2.35. The third-order valence-corrected chi connectivity index (χ3v) is 4.65. The number of nitrogens with zero attached hydrogens (tertiary/aromatic N) is 4. The van der Waals surface area contributed by atoms with Crippen LogP contribution in [-0.2, 0) is 24.8 Å². The predicted molar refractivity (Wildman–Crippen MR) is 96.5 cm³/mol. The number of methoxy groups -OCH3 is 1. The lowest BCUT2D eigenvalue weighted by Crippen LogP contribution is -2.38. The van der Waals surface area contributed by atoms with E-state index in [0.29, 0.717) is 18.5 Å². The van der Waals surface area contributed by atoms with Gasteiger partial charge in [0.25, 0.3) is 0 Å². The minimum atomic E-state index is 0.195. The first-order chi connectivity index (χ1) is 12.2. The van der Waals surface area contributed by atoms with Gasteiger partial charge < -0.3 is 9.47 Å². The fourth-order valence-electron chi connectivity index (χ4n) is 3.50. The number of likely N-dealkylation sites (tertiary alicyclic amines) is 1. The number of pyridine rings is 1. The van der Waals surface area contributed by atoms with Crippen LogP contribution in [0.25, 0.3) is 0 Å². The van der Waals surface area contributed by atoms with Crippen molar-refractivity contribution in [2.24, 2.45) is 7.05 Å². The zero-order valence-corrected chi connectivity index (χ0v) is 15.0.